The van der Waals surface area contributed by atoms with Crippen LogP contribution in [-0.4, -0.2) is 17.4 Å². The third-order valence-electron chi connectivity index (χ3n) is 3.71. The molecule has 0 unspecified atom stereocenters. The monoisotopic (exact) mass is 379 g/mol. The van der Waals surface area contributed by atoms with Gasteiger partial charge >= 0.3 is 6.18 Å². The molecule has 0 radical (unpaired) electrons. The van der Waals surface area contributed by atoms with Crippen molar-refractivity contribution in [1.29, 1.82) is 0 Å². The summed E-state index contributed by atoms with van der Waals surface area (Å²) in [6.45, 7) is 2.88. The molecular weight excluding hydrogens is 363 g/mol. The van der Waals surface area contributed by atoms with E-state index in [-0.39, 0.29) is 5.91 Å². The smallest absolute Gasteiger partial charge is 0.357 e. The lowest BCUT2D eigenvalue weighted by Crippen LogP contribution is -2.22. The molecule has 0 saturated heterocycles. The summed E-state index contributed by atoms with van der Waals surface area (Å²) in [5.74, 6) is -0.126. The van der Waals surface area contributed by atoms with Crippen molar-refractivity contribution in [2.75, 3.05) is 11.9 Å². The molecule has 0 aliphatic carbocycles. The number of nitrogens with zero attached hydrogens (tertiary/aromatic N) is 1. The molecule has 3 rings (SSSR count). The van der Waals surface area contributed by atoms with E-state index in [4.69, 9.17) is 0 Å². The minimum atomic E-state index is -4.38. The summed E-state index contributed by atoms with van der Waals surface area (Å²) in [6.07, 6.45) is -4.38. The number of thiazole rings is 1. The summed E-state index contributed by atoms with van der Waals surface area (Å²) in [7, 11) is 0. The maximum Gasteiger partial charge on any atom is 0.416 e. The molecule has 1 amide bonds. The minimum Gasteiger partial charge on any atom is -0.357 e. The van der Waals surface area contributed by atoms with Gasteiger partial charge in [-0.05, 0) is 42.8 Å². The van der Waals surface area contributed by atoms with E-state index in [0.717, 1.165) is 17.7 Å². The summed E-state index contributed by atoms with van der Waals surface area (Å²) in [4.78, 5) is 15.9. The van der Waals surface area contributed by atoms with Crippen molar-refractivity contribution in [2.24, 2.45) is 0 Å². The van der Waals surface area contributed by atoms with E-state index >= 15 is 0 Å². The normalized spacial score (nSPS) is 11.5. The number of hydrogen-bond acceptors (Lipinski definition) is 4. The Bertz CT molecular complexity index is 920. The number of carbonyl (C=O) groups is 1. The molecule has 4 nitrogen and oxygen atoms in total. The van der Waals surface area contributed by atoms with Crippen LogP contribution in [0.15, 0.2) is 42.5 Å². The largest absolute Gasteiger partial charge is 0.416 e. The SMILES string of the molecule is CCNC(=O)c1ccc(CNc2nc3cc(C(F)(F)F)ccc3s2)cc1. The molecule has 8 heteroatoms. The van der Waals surface area contributed by atoms with Gasteiger partial charge in [0.15, 0.2) is 5.13 Å². The van der Waals surface area contributed by atoms with Gasteiger partial charge in [-0.15, -0.1) is 0 Å². The summed E-state index contributed by atoms with van der Waals surface area (Å²) in [6, 6.07) is 10.7. The lowest BCUT2D eigenvalue weighted by atomic mass is 10.1. The highest BCUT2D eigenvalue weighted by Crippen LogP contribution is 2.34. The number of alkyl halides is 3. The molecule has 0 spiro atoms. The molecular formula is C18H16F3N3OS. The fourth-order valence-corrected chi connectivity index (χ4v) is 3.24. The van der Waals surface area contributed by atoms with E-state index in [1.807, 2.05) is 19.1 Å². The van der Waals surface area contributed by atoms with Crippen LogP contribution in [0.4, 0.5) is 18.3 Å². The molecule has 2 N–H and O–H groups in total. The molecule has 0 atom stereocenters. The molecule has 1 aromatic heterocycles. The predicted octanol–water partition coefficient (Wildman–Crippen LogP) is 4.68. The van der Waals surface area contributed by atoms with Gasteiger partial charge in [-0.25, -0.2) is 4.98 Å². The average molecular weight is 379 g/mol. The van der Waals surface area contributed by atoms with E-state index in [1.54, 1.807) is 12.1 Å². The summed E-state index contributed by atoms with van der Waals surface area (Å²) in [5.41, 5.74) is 1.13. The van der Waals surface area contributed by atoms with Gasteiger partial charge in [0.05, 0.1) is 15.8 Å². The Balaban J connectivity index is 1.68. The number of fused-ring (bicyclic) bond motifs is 1. The highest BCUT2D eigenvalue weighted by Gasteiger charge is 2.30. The van der Waals surface area contributed by atoms with Crippen molar-refractivity contribution in [1.82, 2.24) is 10.3 Å². The van der Waals surface area contributed by atoms with Gasteiger partial charge in [-0.1, -0.05) is 23.5 Å². The quantitative estimate of drug-likeness (QED) is 0.677. The van der Waals surface area contributed by atoms with Crippen molar-refractivity contribution < 1.29 is 18.0 Å². The van der Waals surface area contributed by atoms with Crippen LogP contribution in [0.1, 0.15) is 28.4 Å². The summed E-state index contributed by atoms with van der Waals surface area (Å²) >= 11 is 1.30. The standard InChI is InChI=1S/C18H16F3N3OS/c1-2-22-16(25)12-5-3-11(4-6-12)10-23-17-24-14-9-13(18(19,20)21)7-8-15(14)26-17/h3-9H,2,10H2,1H3,(H,22,25)(H,23,24). The first kappa shape index (κ1) is 18.2. The van der Waals surface area contributed by atoms with E-state index < -0.39 is 11.7 Å². The second kappa shape index (κ2) is 7.33. The molecule has 3 aromatic rings. The third kappa shape index (κ3) is 4.13. The summed E-state index contributed by atoms with van der Waals surface area (Å²) in [5, 5.41) is 6.38. The number of halogens is 3. The molecule has 0 bridgehead atoms. The van der Waals surface area contributed by atoms with Crippen molar-refractivity contribution >= 4 is 32.6 Å². The first-order valence-electron chi connectivity index (χ1n) is 7.95. The van der Waals surface area contributed by atoms with Gasteiger partial charge in [0.25, 0.3) is 5.91 Å². The van der Waals surface area contributed by atoms with Crippen LogP contribution in [0, 0.1) is 0 Å². The number of anilines is 1. The van der Waals surface area contributed by atoms with Gasteiger partial charge < -0.3 is 10.6 Å². The van der Waals surface area contributed by atoms with Crippen LogP contribution in [0.25, 0.3) is 10.2 Å². The van der Waals surface area contributed by atoms with Crippen molar-refractivity contribution in [3.8, 4) is 0 Å². The highest BCUT2D eigenvalue weighted by atomic mass is 32.1. The molecule has 0 aliphatic heterocycles. The number of amides is 1. The Labute approximate surface area is 152 Å². The van der Waals surface area contributed by atoms with Crippen molar-refractivity contribution in [3.05, 3.63) is 59.2 Å². The number of carbonyl (C=O) groups excluding carboxylic acids is 1. The molecule has 1 heterocycles. The van der Waals surface area contributed by atoms with Crippen molar-refractivity contribution in [3.63, 3.8) is 0 Å². The Morgan fingerprint density at radius 2 is 1.88 bits per heavy atom. The molecule has 2 aromatic carbocycles. The topological polar surface area (TPSA) is 54.0 Å². The van der Waals surface area contributed by atoms with Gasteiger partial charge in [0.2, 0.25) is 0 Å². The van der Waals surface area contributed by atoms with Crippen LogP contribution in [0.2, 0.25) is 0 Å². The first-order valence-corrected chi connectivity index (χ1v) is 8.77. The molecule has 0 fully saturated rings. The van der Waals surface area contributed by atoms with Crippen LogP contribution in [0.3, 0.4) is 0 Å². The molecule has 136 valence electrons. The van der Waals surface area contributed by atoms with Crippen LogP contribution in [-0.2, 0) is 12.7 Å². The zero-order valence-corrected chi connectivity index (χ0v) is 14.7. The maximum absolute atomic E-state index is 12.8. The number of nitrogens with one attached hydrogen (secondary N) is 2. The predicted molar refractivity (Wildman–Crippen MR) is 96.4 cm³/mol. The van der Waals surface area contributed by atoms with Gasteiger partial charge in [-0.3, -0.25) is 4.79 Å². The van der Waals surface area contributed by atoms with Gasteiger partial charge in [-0.2, -0.15) is 13.2 Å². The number of aromatic nitrogens is 1. The van der Waals surface area contributed by atoms with Crippen LogP contribution in [0.5, 0.6) is 0 Å². The first-order chi connectivity index (χ1) is 12.4. The third-order valence-corrected chi connectivity index (χ3v) is 4.71. The highest BCUT2D eigenvalue weighted by molar-refractivity contribution is 7.22. The second-order valence-corrected chi connectivity index (χ2v) is 6.64. The van der Waals surface area contributed by atoms with Crippen molar-refractivity contribution in [2.45, 2.75) is 19.6 Å². The van der Waals surface area contributed by atoms with E-state index in [9.17, 15) is 18.0 Å². The Morgan fingerprint density at radius 3 is 2.54 bits per heavy atom. The maximum atomic E-state index is 12.8. The van der Waals surface area contributed by atoms with E-state index in [2.05, 4.69) is 15.6 Å². The number of rotatable bonds is 5. The fourth-order valence-electron chi connectivity index (χ4n) is 2.39. The average Bonchev–Trinajstić information content (AvgIpc) is 3.02. The lowest BCUT2D eigenvalue weighted by Gasteiger charge is -2.05. The van der Waals surface area contributed by atoms with Gasteiger partial charge in [0.1, 0.15) is 0 Å². The number of hydrogen-bond donors (Lipinski definition) is 2. The summed E-state index contributed by atoms with van der Waals surface area (Å²) < 4.78 is 39.0. The Morgan fingerprint density at radius 1 is 1.15 bits per heavy atom. The lowest BCUT2D eigenvalue weighted by molar-refractivity contribution is -0.137. The fraction of sp³-hybridized carbons (Fsp3) is 0.222. The molecule has 0 saturated carbocycles. The second-order valence-electron chi connectivity index (χ2n) is 5.61. The Kier molecular flexibility index (Phi) is 5.13. The molecule has 0 aliphatic rings. The zero-order chi connectivity index (χ0) is 18.7. The zero-order valence-electron chi connectivity index (χ0n) is 13.9. The van der Waals surface area contributed by atoms with E-state index in [1.165, 1.54) is 17.4 Å². The molecule has 26 heavy (non-hydrogen) atoms. The number of benzene rings is 2. The van der Waals surface area contributed by atoms with E-state index in [0.29, 0.717) is 34.0 Å². The minimum absolute atomic E-state index is 0.126. The van der Waals surface area contributed by atoms with Crippen LogP contribution < -0.4 is 10.6 Å². The van der Waals surface area contributed by atoms with Gasteiger partial charge in [0, 0.05) is 18.7 Å². The van der Waals surface area contributed by atoms with Crippen LogP contribution >= 0.6 is 11.3 Å². The Hall–Kier alpha value is -2.61.